The van der Waals surface area contributed by atoms with Crippen molar-refractivity contribution in [3.63, 3.8) is 0 Å². The van der Waals surface area contributed by atoms with E-state index in [0.29, 0.717) is 57.1 Å². The van der Waals surface area contributed by atoms with Crippen LogP contribution in [-0.2, 0) is 32.6 Å². The van der Waals surface area contributed by atoms with Crippen molar-refractivity contribution in [3.8, 4) is 5.75 Å². The molecule has 0 aromatic heterocycles. The number of hydrogen-bond acceptors (Lipinski definition) is 11. The number of phosphoric ester groups is 1. The first-order valence-electron chi connectivity index (χ1n) is 15.0. The van der Waals surface area contributed by atoms with Crippen LogP contribution < -0.4 is 10.1 Å². The first-order chi connectivity index (χ1) is 21.1. The number of ether oxygens (including phenoxy) is 4. The van der Waals surface area contributed by atoms with Crippen LogP contribution in [0.3, 0.4) is 0 Å². The predicted octanol–water partition coefficient (Wildman–Crippen LogP) is 1.69. The number of carbonyl (C=O) groups excluding carboxylic acids is 2. The Labute approximate surface area is 260 Å². The molecule has 1 aromatic rings. The molecule has 0 aliphatic carbocycles. The van der Waals surface area contributed by atoms with Crippen molar-refractivity contribution >= 4 is 19.6 Å². The van der Waals surface area contributed by atoms with Crippen LogP contribution in [0.5, 0.6) is 5.75 Å². The quantitative estimate of drug-likeness (QED) is 0.166. The van der Waals surface area contributed by atoms with Crippen molar-refractivity contribution in [2.24, 2.45) is 0 Å². The van der Waals surface area contributed by atoms with Crippen molar-refractivity contribution in [2.45, 2.75) is 57.4 Å². The summed E-state index contributed by atoms with van der Waals surface area (Å²) in [6.07, 6.45) is 1.10. The topological polar surface area (TPSA) is 166 Å². The van der Waals surface area contributed by atoms with Crippen molar-refractivity contribution in [3.05, 3.63) is 29.8 Å². The van der Waals surface area contributed by atoms with Crippen molar-refractivity contribution in [1.82, 2.24) is 15.1 Å². The molecule has 2 aliphatic heterocycles. The van der Waals surface area contributed by atoms with E-state index in [-0.39, 0.29) is 49.8 Å². The van der Waals surface area contributed by atoms with Crippen LogP contribution in [0.2, 0.25) is 0 Å². The Bertz CT molecular complexity index is 1030. The lowest BCUT2D eigenvalue weighted by atomic mass is 10.1. The normalized spacial score (nSPS) is 22.8. The van der Waals surface area contributed by atoms with E-state index in [1.54, 1.807) is 55.2 Å². The number of likely N-dealkylation sites (N-methyl/N-ethyl adjacent to an activating group) is 1. The SMILES string of the molecule is CCC(=O)N1CC(OC)CC1CO.CCOP(=O)(O)OC1CC(COC)N(C(=O)c2ccc(OCCOCCNC)cc2)C1. The number of carbonyl (C=O) groups is 2. The highest BCUT2D eigenvalue weighted by Crippen LogP contribution is 2.46. The van der Waals surface area contributed by atoms with Crippen LogP contribution in [-0.4, -0.2) is 136 Å². The highest BCUT2D eigenvalue weighted by atomic mass is 31.2. The maximum absolute atomic E-state index is 13.0. The summed E-state index contributed by atoms with van der Waals surface area (Å²) in [5.74, 6) is 0.528. The van der Waals surface area contributed by atoms with Crippen LogP contribution in [0.4, 0.5) is 0 Å². The zero-order valence-corrected chi connectivity index (χ0v) is 27.4. The number of hydrogen-bond donors (Lipinski definition) is 3. The lowest BCUT2D eigenvalue weighted by Gasteiger charge is -2.24. The number of methoxy groups -OCH3 is 2. The Morgan fingerprint density at radius 3 is 2.27 bits per heavy atom. The van der Waals surface area contributed by atoms with E-state index in [9.17, 15) is 19.0 Å². The van der Waals surface area contributed by atoms with Gasteiger partial charge in [0, 0.05) is 45.8 Å². The smallest absolute Gasteiger partial charge is 0.472 e. The van der Waals surface area contributed by atoms with Gasteiger partial charge in [-0.25, -0.2) is 4.57 Å². The monoisotopic (exact) mass is 647 g/mol. The second-order valence-electron chi connectivity index (χ2n) is 10.3. The fraction of sp³-hybridized carbons (Fsp3) is 0.724. The van der Waals surface area contributed by atoms with Crippen LogP contribution in [0.15, 0.2) is 24.3 Å². The summed E-state index contributed by atoms with van der Waals surface area (Å²) in [6, 6.07) is 6.52. The third-order valence-electron chi connectivity index (χ3n) is 7.21. The average Bonchev–Trinajstić information content (AvgIpc) is 3.62. The Morgan fingerprint density at radius 1 is 1.00 bits per heavy atom. The second kappa shape index (κ2) is 20.1. The summed E-state index contributed by atoms with van der Waals surface area (Å²) in [5, 5.41) is 12.0. The van der Waals surface area contributed by atoms with Gasteiger partial charge in [-0.15, -0.1) is 0 Å². The fourth-order valence-corrected chi connectivity index (χ4v) is 5.93. The van der Waals surface area contributed by atoms with E-state index >= 15 is 0 Å². The Morgan fingerprint density at radius 2 is 1.68 bits per heavy atom. The summed E-state index contributed by atoms with van der Waals surface area (Å²) in [5.41, 5.74) is 0.483. The Balaban J connectivity index is 0.000000432. The predicted molar refractivity (Wildman–Crippen MR) is 163 cm³/mol. The third kappa shape index (κ3) is 12.3. The molecule has 14 nitrogen and oxygen atoms in total. The molecule has 2 aliphatic rings. The largest absolute Gasteiger partial charge is 0.491 e. The third-order valence-corrected chi connectivity index (χ3v) is 8.36. The van der Waals surface area contributed by atoms with Crippen LogP contribution in [0.25, 0.3) is 0 Å². The molecule has 252 valence electrons. The van der Waals surface area contributed by atoms with Gasteiger partial charge in [0.05, 0.1) is 57.3 Å². The summed E-state index contributed by atoms with van der Waals surface area (Å²) in [7, 11) is 0.893. The number of aliphatic hydroxyl groups is 1. The van der Waals surface area contributed by atoms with Gasteiger partial charge < -0.3 is 44.1 Å². The van der Waals surface area contributed by atoms with Gasteiger partial charge in [-0.05, 0) is 51.1 Å². The molecule has 5 atom stereocenters. The van der Waals surface area contributed by atoms with Crippen molar-refractivity contribution in [2.75, 3.05) is 80.5 Å². The lowest BCUT2D eigenvalue weighted by Crippen LogP contribution is -2.38. The van der Waals surface area contributed by atoms with Gasteiger partial charge in [0.1, 0.15) is 12.4 Å². The number of phosphoric acid groups is 1. The second-order valence-corrected chi connectivity index (χ2v) is 11.7. The van der Waals surface area contributed by atoms with Gasteiger partial charge in [-0.3, -0.25) is 18.6 Å². The number of nitrogens with one attached hydrogen (secondary N) is 1. The van der Waals surface area contributed by atoms with Crippen molar-refractivity contribution < 1.29 is 52.1 Å². The number of benzene rings is 1. The highest BCUT2D eigenvalue weighted by molar-refractivity contribution is 7.47. The standard InChI is InChI=1S/C20H33N2O8P.C9H17NO3/c1-4-29-31(24,25)30-19-13-17(15-26-3)22(14-19)20(23)16-5-7-18(8-6-16)28-12-11-27-10-9-21-2;1-3-9(12)10-5-8(13-2)4-7(10)6-11/h5-8,17,19,21H,4,9-15H2,1-3H3,(H,24,25);7-8,11H,3-6H2,1-2H3. The van der Waals surface area contributed by atoms with Gasteiger partial charge in [0.2, 0.25) is 5.91 Å². The van der Waals surface area contributed by atoms with Gasteiger partial charge in [0.15, 0.2) is 0 Å². The maximum atomic E-state index is 13.0. The summed E-state index contributed by atoms with van der Waals surface area (Å²) < 4.78 is 43.3. The average molecular weight is 648 g/mol. The maximum Gasteiger partial charge on any atom is 0.472 e. The van der Waals surface area contributed by atoms with Gasteiger partial charge in [-0.1, -0.05) is 6.92 Å². The molecule has 0 radical (unpaired) electrons. The summed E-state index contributed by atoms with van der Waals surface area (Å²) in [4.78, 5) is 37.5. The van der Waals surface area contributed by atoms with Crippen molar-refractivity contribution in [1.29, 1.82) is 0 Å². The molecule has 2 heterocycles. The number of aliphatic hydroxyl groups excluding tert-OH is 1. The molecule has 2 fully saturated rings. The van der Waals surface area contributed by atoms with E-state index in [4.69, 9.17) is 33.1 Å². The van der Waals surface area contributed by atoms with E-state index in [2.05, 4.69) is 5.32 Å². The number of nitrogens with zero attached hydrogens (tertiary/aromatic N) is 2. The van der Waals surface area contributed by atoms with E-state index < -0.39 is 13.9 Å². The summed E-state index contributed by atoms with van der Waals surface area (Å²) in [6.45, 7) is 6.91. The van der Waals surface area contributed by atoms with E-state index in [1.807, 2.05) is 14.0 Å². The molecular formula is C29H50N3O11P. The molecule has 5 unspecified atom stereocenters. The number of amides is 2. The Kier molecular flexibility index (Phi) is 17.4. The lowest BCUT2D eigenvalue weighted by molar-refractivity contribution is -0.132. The highest BCUT2D eigenvalue weighted by Gasteiger charge is 2.40. The molecule has 0 spiro atoms. The fourth-order valence-electron chi connectivity index (χ4n) is 5.01. The molecule has 2 amide bonds. The van der Waals surface area contributed by atoms with E-state index in [0.717, 1.165) is 13.0 Å². The van der Waals surface area contributed by atoms with Gasteiger partial charge >= 0.3 is 7.82 Å². The zero-order valence-electron chi connectivity index (χ0n) is 26.5. The Hall–Kier alpha value is -2.13. The van der Waals surface area contributed by atoms with Crippen LogP contribution in [0, 0.1) is 0 Å². The minimum absolute atomic E-state index is 0.0333. The molecule has 1 aromatic carbocycles. The van der Waals surface area contributed by atoms with Gasteiger partial charge in [-0.2, -0.15) is 0 Å². The van der Waals surface area contributed by atoms with Crippen LogP contribution in [0.1, 0.15) is 43.5 Å². The number of rotatable bonds is 17. The molecule has 0 saturated carbocycles. The number of likely N-dealkylation sites (tertiary alicyclic amines) is 2. The molecular weight excluding hydrogens is 597 g/mol. The molecule has 15 heteroatoms. The minimum atomic E-state index is -4.15. The molecule has 0 bridgehead atoms. The molecule has 44 heavy (non-hydrogen) atoms. The first kappa shape index (κ1) is 38.1. The first-order valence-corrected chi connectivity index (χ1v) is 16.5. The summed E-state index contributed by atoms with van der Waals surface area (Å²) >= 11 is 0. The van der Waals surface area contributed by atoms with Gasteiger partial charge in [0.25, 0.3) is 5.91 Å². The molecule has 3 rings (SSSR count). The van der Waals surface area contributed by atoms with Crippen LogP contribution >= 0.6 is 7.82 Å². The molecule has 3 N–H and O–H groups in total. The minimum Gasteiger partial charge on any atom is -0.491 e. The zero-order chi connectivity index (χ0) is 32.5. The van der Waals surface area contributed by atoms with E-state index in [1.165, 1.54) is 0 Å². The molecule has 2 saturated heterocycles.